The zero-order valence-electron chi connectivity index (χ0n) is 14.8. The lowest BCUT2D eigenvalue weighted by atomic mass is 10.1. The average Bonchev–Trinajstić information content (AvgIpc) is 2.93. The van der Waals surface area contributed by atoms with E-state index in [9.17, 15) is 18.0 Å². The van der Waals surface area contributed by atoms with E-state index in [1.54, 1.807) is 12.1 Å². The van der Waals surface area contributed by atoms with Gasteiger partial charge in [0, 0.05) is 19.1 Å². The molecule has 0 aromatic heterocycles. The maximum atomic E-state index is 12.8. The number of ether oxygens (including phenoxy) is 1. The van der Waals surface area contributed by atoms with Crippen molar-refractivity contribution in [2.75, 3.05) is 19.6 Å². The van der Waals surface area contributed by atoms with Gasteiger partial charge in [-0.3, -0.25) is 9.69 Å². The summed E-state index contributed by atoms with van der Waals surface area (Å²) in [5.41, 5.74) is 0. The number of amides is 3. The smallest absolute Gasteiger partial charge is 0.324 e. The molecule has 0 aliphatic carbocycles. The van der Waals surface area contributed by atoms with Crippen molar-refractivity contribution < 1.29 is 22.7 Å². The summed E-state index contributed by atoms with van der Waals surface area (Å²) >= 11 is 0. The number of nitrogens with zero attached hydrogens (tertiary/aromatic N) is 2. The molecule has 8 nitrogen and oxygen atoms in total. The van der Waals surface area contributed by atoms with Gasteiger partial charge in [-0.25, -0.2) is 13.2 Å². The number of hydrogen-bond donors (Lipinski definition) is 1. The van der Waals surface area contributed by atoms with Gasteiger partial charge in [0.25, 0.3) is 0 Å². The molecule has 26 heavy (non-hydrogen) atoms. The van der Waals surface area contributed by atoms with Crippen LogP contribution in [0.5, 0.6) is 5.75 Å². The quantitative estimate of drug-likeness (QED) is 0.773. The van der Waals surface area contributed by atoms with Gasteiger partial charge < -0.3 is 10.1 Å². The van der Waals surface area contributed by atoms with Crippen molar-refractivity contribution in [1.29, 1.82) is 0 Å². The fourth-order valence-corrected chi connectivity index (χ4v) is 4.73. The molecule has 0 bridgehead atoms. The van der Waals surface area contributed by atoms with E-state index in [-0.39, 0.29) is 42.6 Å². The van der Waals surface area contributed by atoms with Gasteiger partial charge in [-0.05, 0) is 51.0 Å². The number of carbonyl (C=O) groups is 2. The number of imide groups is 1. The second-order valence-corrected chi connectivity index (χ2v) is 8.63. The zero-order chi connectivity index (χ0) is 18.9. The van der Waals surface area contributed by atoms with Gasteiger partial charge in [-0.1, -0.05) is 0 Å². The second kappa shape index (κ2) is 7.24. The monoisotopic (exact) mass is 381 g/mol. The summed E-state index contributed by atoms with van der Waals surface area (Å²) < 4.78 is 32.5. The molecule has 2 saturated heterocycles. The first-order valence-electron chi connectivity index (χ1n) is 8.66. The summed E-state index contributed by atoms with van der Waals surface area (Å²) in [6.45, 7) is 4.37. The Morgan fingerprint density at radius 2 is 1.73 bits per heavy atom. The van der Waals surface area contributed by atoms with Crippen LogP contribution in [0, 0.1) is 0 Å². The van der Waals surface area contributed by atoms with Crippen molar-refractivity contribution in [2.45, 2.75) is 43.7 Å². The van der Waals surface area contributed by atoms with E-state index in [0.717, 1.165) is 0 Å². The molecule has 2 fully saturated rings. The summed E-state index contributed by atoms with van der Waals surface area (Å²) in [6, 6.07) is 5.72. The number of urea groups is 1. The van der Waals surface area contributed by atoms with Crippen molar-refractivity contribution in [3.05, 3.63) is 24.3 Å². The zero-order valence-corrected chi connectivity index (χ0v) is 15.7. The third-order valence-electron chi connectivity index (χ3n) is 4.50. The normalized spacial score (nSPS) is 19.9. The molecule has 0 saturated carbocycles. The highest BCUT2D eigenvalue weighted by Crippen LogP contribution is 2.25. The minimum Gasteiger partial charge on any atom is -0.491 e. The summed E-state index contributed by atoms with van der Waals surface area (Å²) in [4.78, 5) is 25.0. The highest BCUT2D eigenvalue weighted by molar-refractivity contribution is 7.89. The van der Waals surface area contributed by atoms with E-state index in [1.165, 1.54) is 21.3 Å². The lowest BCUT2D eigenvalue weighted by Crippen LogP contribution is -2.48. The van der Waals surface area contributed by atoms with Crippen molar-refractivity contribution in [3.8, 4) is 5.75 Å². The Bertz CT molecular complexity index is 767. The molecule has 2 heterocycles. The second-order valence-electron chi connectivity index (χ2n) is 6.70. The fraction of sp³-hybridized carbons (Fsp3) is 0.529. The summed E-state index contributed by atoms with van der Waals surface area (Å²) in [7, 11) is -3.61. The molecule has 142 valence electrons. The van der Waals surface area contributed by atoms with E-state index in [1.807, 2.05) is 13.8 Å². The molecule has 2 aliphatic heterocycles. The molecule has 2 aliphatic rings. The number of sulfonamides is 1. The lowest BCUT2D eigenvalue weighted by molar-refractivity contribution is -0.127. The van der Waals surface area contributed by atoms with E-state index in [2.05, 4.69) is 5.32 Å². The molecule has 0 radical (unpaired) electrons. The van der Waals surface area contributed by atoms with Gasteiger partial charge in [-0.15, -0.1) is 0 Å². The predicted octanol–water partition coefficient (Wildman–Crippen LogP) is 1.18. The Labute approximate surface area is 153 Å². The number of piperidine rings is 1. The van der Waals surface area contributed by atoms with Gasteiger partial charge >= 0.3 is 6.03 Å². The summed E-state index contributed by atoms with van der Waals surface area (Å²) in [6.07, 6.45) is 0.891. The van der Waals surface area contributed by atoms with Crippen LogP contribution in [0.25, 0.3) is 0 Å². The number of rotatable bonds is 5. The fourth-order valence-electron chi connectivity index (χ4n) is 3.26. The van der Waals surface area contributed by atoms with E-state index in [0.29, 0.717) is 18.6 Å². The minimum atomic E-state index is -3.61. The Balaban J connectivity index is 1.66. The molecule has 9 heteroatoms. The average molecular weight is 381 g/mol. The van der Waals surface area contributed by atoms with Crippen molar-refractivity contribution in [3.63, 3.8) is 0 Å². The van der Waals surface area contributed by atoms with Crippen molar-refractivity contribution in [2.24, 2.45) is 0 Å². The van der Waals surface area contributed by atoms with E-state index >= 15 is 0 Å². The largest absolute Gasteiger partial charge is 0.491 e. The SMILES string of the molecule is CC(C)Oc1ccc(S(=O)(=O)N2CCC(N3C(=O)CNC3=O)CC2)cc1. The lowest BCUT2D eigenvalue weighted by Gasteiger charge is -2.34. The third-order valence-corrected chi connectivity index (χ3v) is 6.41. The van der Waals surface area contributed by atoms with Crippen molar-refractivity contribution in [1.82, 2.24) is 14.5 Å². The van der Waals surface area contributed by atoms with Gasteiger partial charge in [0.2, 0.25) is 15.9 Å². The predicted molar refractivity (Wildman–Crippen MR) is 94.2 cm³/mol. The van der Waals surface area contributed by atoms with Crippen molar-refractivity contribution >= 4 is 22.0 Å². The van der Waals surface area contributed by atoms with Gasteiger partial charge in [-0.2, -0.15) is 4.31 Å². The van der Waals surface area contributed by atoms with Crippen LogP contribution in [-0.2, 0) is 14.8 Å². The number of carbonyl (C=O) groups excluding carboxylic acids is 2. The number of hydrogen-bond acceptors (Lipinski definition) is 5. The van der Waals surface area contributed by atoms with Crippen LogP contribution in [0.15, 0.2) is 29.2 Å². The Morgan fingerprint density at radius 1 is 1.12 bits per heavy atom. The van der Waals surface area contributed by atoms with Crippen LogP contribution in [0.1, 0.15) is 26.7 Å². The number of benzene rings is 1. The molecule has 3 amide bonds. The van der Waals surface area contributed by atoms with E-state index in [4.69, 9.17) is 4.74 Å². The molecule has 0 atom stereocenters. The third kappa shape index (κ3) is 3.68. The maximum Gasteiger partial charge on any atom is 0.324 e. The Morgan fingerprint density at radius 3 is 2.23 bits per heavy atom. The van der Waals surface area contributed by atoms with Crippen LogP contribution in [-0.4, -0.2) is 61.3 Å². The van der Waals surface area contributed by atoms with Gasteiger partial charge in [0.05, 0.1) is 17.5 Å². The maximum absolute atomic E-state index is 12.8. The molecule has 3 rings (SSSR count). The molecular weight excluding hydrogens is 358 g/mol. The Hall–Kier alpha value is -2.13. The molecule has 1 aromatic rings. The first kappa shape index (κ1) is 18.7. The van der Waals surface area contributed by atoms with Crippen LogP contribution < -0.4 is 10.1 Å². The molecule has 1 N–H and O–H groups in total. The van der Waals surface area contributed by atoms with Crippen LogP contribution in [0.4, 0.5) is 4.79 Å². The van der Waals surface area contributed by atoms with Crippen LogP contribution in [0.2, 0.25) is 0 Å². The van der Waals surface area contributed by atoms with Gasteiger partial charge in [0.15, 0.2) is 0 Å². The topological polar surface area (TPSA) is 96.0 Å². The van der Waals surface area contributed by atoms with E-state index < -0.39 is 16.1 Å². The summed E-state index contributed by atoms with van der Waals surface area (Å²) in [5, 5.41) is 2.50. The first-order chi connectivity index (χ1) is 12.3. The molecular formula is C17H23N3O5S. The minimum absolute atomic E-state index is 0.0157. The Kier molecular flexibility index (Phi) is 5.19. The first-order valence-corrected chi connectivity index (χ1v) is 10.1. The molecule has 1 aromatic carbocycles. The molecule has 0 unspecified atom stereocenters. The standard InChI is InChI=1S/C17H23N3O5S/c1-12(2)25-14-3-5-15(6-4-14)26(23,24)19-9-7-13(8-10-19)20-16(21)11-18-17(20)22/h3-6,12-13H,7-11H2,1-2H3,(H,18,22). The van der Waals surface area contributed by atoms with Crippen LogP contribution in [0.3, 0.4) is 0 Å². The highest BCUT2D eigenvalue weighted by Gasteiger charge is 2.38. The van der Waals surface area contributed by atoms with Crippen LogP contribution >= 0.6 is 0 Å². The highest BCUT2D eigenvalue weighted by atomic mass is 32.2. The molecule has 0 spiro atoms. The number of nitrogens with one attached hydrogen (secondary N) is 1. The van der Waals surface area contributed by atoms with Gasteiger partial charge in [0.1, 0.15) is 5.75 Å². The summed E-state index contributed by atoms with van der Waals surface area (Å²) in [5.74, 6) is 0.369.